The monoisotopic (exact) mass is 404 g/mol. The molecule has 1 fully saturated rings. The fourth-order valence-corrected chi connectivity index (χ4v) is 4.12. The summed E-state index contributed by atoms with van der Waals surface area (Å²) >= 11 is 0. The summed E-state index contributed by atoms with van der Waals surface area (Å²) in [6.45, 7) is 5.95. The van der Waals surface area contributed by atoms with Crippen LogP contribution in [0, 0.1) is 5.82 Å². The first-order valence-electron chi connectivity index (χ1n) is 9.65. The van der Waals surface area contributed by atoms with E-state index in [1.807, 2.05) is 19.9 Å². The molecule has 0 saturated carbocycles. The molecule has 1 saturated heterocycles. The van der Waals surface area contributed by atoms with Gasteiger partial charge in [-0.05, 0) is 81.1 Å². The first-order chi connectivity index (χ1) is 13.0. The Morgan fingerprint density at radius 1 is 1.21 bits per heavy atom. The molecule has 4 rings (SSSR count). The van der Waals surface area contributed by atoms with E-state index in [9.17, 15) is 9.18 Å². The average Bonchev–Trinajstić information content (AvgIpc) is 3.12. The van der Waals surface area contributed by atoms with Gasteiger partial charge in [-0.25, -0.2) is 4.39 Å². The maximum atomic E-state index is 14.2. The van der Waals surface area contributed by atoms with E-state index < -0.39 is 5.82 Å². The van der Waals surface area contributed by atoms with Gasteiger partial charge < -0.3 is 10.1 Å². The summed E-state index contributed by atoms with van der Waals surface area (Å²) in [4.78, 5) is 15.1. The van der Waals surface area contributed by atoms with Crippen LogP contribution < -0.4 is 10.1 Å². The molecule has 2 aromatic rings. The maximum absolute atomic E-state index is 14.2. The second-order valence-electron chi connectivity index (χ2n) is 7.62. The van der Waals surface area contributed by atoms with Crippen molar-refractivity contribution in [1.29, 1.82) is 0 Å². The van der Waals surface area contributed by atoms with Crippen molar-refractivity contribution in [3.8, 4) is 5.75 Å². The lowest BCUT2D eigenvalue weighted by atomic mass is 9.92. The van der Waals surface area contributed by atoms with E-state index in [1.165, 1.54) is 36.1 Å². The van der Waals surface area contributed by atoms with Crippen LogP contribution in [0.25, 0.3) is 0 Å². The van der Waals surface area contributed by atoms with Crippen molar-refractivity contribution in [1.82, 2.24) is 4.90 Å². The van der Waals surface area contributed by atoms with Crippen LogP contribution in [-0.2, 0) is 6.42 Å². The Bertz CT molecular complexity index is 872. The maximum Gasteiger partial charge on any atom is 0.255 e. The molecule has 1 unspecified atom stereocenters. The first kappa shape index (κ1) is 20.6. The summed E-state index contributed by atoms with van der Waals surface area (Å²) in [6.07, 6.45) is 3.34. The Labute approximate surface area is 171 Å². The molecule has 2 aliphatic heterocycles. The first-order valence-corrected chi connectivity index (χ1v) is 9.65. The van der Waals surface area contributed by atoms with Crippen LogP contribution in [0.5, 0.6) is 5.75 Å². The Morgan fingerprint density at radius 3 is 2.79 bits per heavy atom. The van der Waals surface area contributed by atoms with Crippen molar-refractivity contribution in [2.24, 2.45) is 0 Å². The Kier molecular flexibility index (Phi) is 6.26. The molecule has 0 bridgehead atoms. The van der Waals surface area contributed by atoms with Crippen molar-refractivity contribution in [3.05, 3.63) is 58.9 Å². The van der Waals surface area contributed by atoms with E-state index in [2.05, 4.69) is 22.3 Å². The molecular formula is C22H26ClFN2O2. The molecule has 0 aromatic heterocycles. The van der Waals surface area contributed by atoms with Crippen molar-refractivity contribution >= 4 is 24.0 Å². The highest BCUT2D eigenvalue weighted by Gasteiger charge is 2.31. The van der Waals surface area contributed by atoms with E-state index >= 15 is 0 Å². The third-order valence-corrected chi connectivity index (χ3v) is 5.35. The third kappa shape index (κ3) is 4.15. The van der Waals surface area contributed by atoms with Gasteiger partial charge in [-0.15, -0.1) is 12.4 Å². The summed E-state index contributed by atoms with van der Waals surface area (Å²) in [6, 6.07) is 10.9. The number of nitrogens with one attached hydrogen (secondary N) is 1. The second-order valence-corrected chi connectivity index (χ2v) is 7.62. The molecule has 150 valence electrons. The molecule has 28 heavy (non-hydrogen) atoms. The highest BCUT2D eigenvalue weighted by atomic mass is 35.5. The topological polar surface area (TPSA) is 41.6 Å². The van der Waals surface area contributed by atoms with E-state index in [0.29, 0.717) is 6.04 Å². The zero-order chi connectivity index (χ0) is 19.0. The number of benzene rings is 2. The molecule has 0 spiro atoms. The molecule has 1 atom stereocenters. The van der Waals surface area contributed by atoms with Gasteiger partial charge in [-0.1, -0.05) is 6.07 Å². The fourth-order valence-electron chi connectivity index (χ4n) is 4.12. The van der Waals surface area contributed by atoms with Crippen molar-refractivity contribution in [2.75, 3.05) is 18.4 Å². The van der Waals surface area contributed by atoms with Gasteiger partial charge in [0.05, 0.1) is 6.10 Å². The number of fused-ring (bicyclic) bond motifs is 3. The largest absolute Gasteiger partial charge is 0.488 e. The Balaban J connectivity index is 0.00000225. The van der Waals surface area contributed by atoms with E-state index in [4.69, 9.17) is 4.74 Å². The van der Waals surface area contributed by atoms with Crippen LogP contribution in [0.15, 0.2) is 36.4 Å². The number of hydrogen-bond acceptors (Lipinski definition) is 3. The van der Waals surface area contributed by atoms with Gasteiger partial charge in [-0.2, -0.15) is 0 Å². The predicted molar refractivity (Wildman–Crippen MR) is 111 cm³/mol. The van der Waals surface area contributed by atoms with Gasteiger partial charge in [0, 0.05) is 23.8 Å². The molecule has 1 amide bonds. The molecule has 1 N–H and O–H groups in total. The standard InChI is InChI=1S/C22H25FN2O2.ClH/c1-14(2)27-21-8-6-16(12-19(21)23)22(26)24-17-7-5-15-9-11-25-10-3-4-20(25)18(15)13-17;/h5-8,12-14,20H,3-4,9-11H2,1-2H3,(H,24,26);1H. The zero-order valence-electron chi connectivity index (χ0n) is 16.2. The molecule has 6 heteroatoms. The SMILES string of the molecule is CC(C)Oc1ccc(C(=O)Nc2ccc3c(c2)C2CCCN2CC3)cc1F.Cl. The van der Waals surface area contributed by atoms with Crippen LogP contribution in [-0.4, -0.2) is 30.0 Å². The minimum Gasteiger partial charge on any atom is -0.488 e. The number of hydrogen-bond donors (Lipinski definition) is 1. The van der Waals surface area contributed by atoms with Crippen molar-refractivity contribution in [2.45, 2.75) is 45.3 Å². The van der Waals surface area contributed by atoms with E-state index in [0.717, 1.165) is 25.2 Å². The van der Waals surface area contributed by atoms with Gasteiger partial charge in [0.2, 0.25) is 0 Å². The molecule has 2 aromatic carbocycles. The number of carbonyl (C=O) groups is 1. The van der Waals surface area contributed by atoms with Gasteiger partial charge in [0.15, 0.2) is 11.6 Å². The number of anilines is 1. The van der Waals surface area contributed by atoms with Crippen LogP contribution >= 0.6 is 12.4 Å². The van der Waals surface area contributed by atoms with Crippen LogP contribution in [0.3, 0.4) is 0 Å². The van der Waals surface area contributed by atoms with Crippen molar-refractivity contribution < 1.29 is 13.9 Å². The zero-order valence-corrected chi connectivity index (χ0v) is 17.0. The van der Waals surface area contributed by atoms with E-state index in [1.54, 1.807) is 6.07 Å². The molecule has 0 aliphatic carbocycles. The number of rotatable bonds is 4. The summed E-state index contributed by atoms with van der Waals surface area (Å²) in [7, 11) is 0. The predicted octanol–water partition coefficient (Wildman–Crippen LogP) is 4.98. The Morgan fingerprint density at radius 2 is 2.04 bits per heavy atom. The number of halogens is 2. The number of carbonyl (C=O) groups excluding carboxylic acids is 1. The lowest BCUT2D eigenvalue weighted by Crippen LogP contribution is -2.31. The minimum atomic E-state index is -0.525. The second kappa shape index (κ2) is 8.50. The van der Waals surface area contributed by atoms with Crippen LogP contribution in [0.1, 0.15) is 54.2 Å². The van der Waals surface area contributed by atoms with Gasteiger partial charge >= 0.3 is 0 Å². The summed E-state index contributed by atoms with van der Waals surface area (Å²) < 4.78 is 19.6. The van der Waals surface area contributed by atoms with E-state index in [-0.39, 0.29) is 35.7 Å². The molecule has 0 radical (unpaired) electrons. The van der Waals surface area contributed by atoms with Crippen LogP contribution in [0.2, 0.25) is 0 Å². The molecule has 2 aliphatic rings. The quantitative estimate of drug-likeness (QED) is 0.781. The summed E-state index contributed by atoms with van der Waals surface area (Å²) in [5, 5.41) is 2.91. The lowest BCUT2D eigenvalue weighted by molar-refractivity contribution is 0.102. The fraction of sp³-hybridized carbons (Fsp3) is 0.409. The van der Waals surface area contributed by atoms with Gasteiger partial charge in [0.25, 0.3) is 5.91 Å². The smallest absolute Gasteiger partial charge is 0.255 e. The average molecular weight is 405 g/mol. The molecule has 4 nitrogen and oxygen atoms in total. The number of ether oxygens (including phenoxy) is 1. The summed E-state index contributed by atoms with van der Waals surface area (Å²) in [5.74, 6) is -0.677. The minimum absolute atomic E-state index is 0. The van der Waals surface area contributed by atoms with Crippen molar-refractivity contribution in [3.63, 3.8) is 0 Å². The number of nitrogens with zero attached hydrogens (tertiary/aromatic N) is 1. The van der Waals surface area contributed by atoms with Gasteiger partial charge in [0.1, 0.15) is 0 Å². The van der Waals surface area contributed by atoms with Gasteiger partial charge in [-0.3, -0.25) is 9.69 Å². The normalized spacial score (nSPS) is 18.2. The number of amides is 1. The molecule has 2 heterocycles. The highest BCUT2D eigenvalue weighted by molar-refractivity contribution is 6.04. The lowest BCUT2D eigenvalue weighted by Gasteiger charge is -2.32. The third-order valence-electron chi connectivity index (χ3n) is 5.35. The highest BCUT2D eigenvalue weighted by Crippen LogP contribution is 2.38. The van der Waals surface area contributed by atoms with Crippen LogP contribution in [0.4, 0.5) is 10.1 Å². The molecular weight excluding hydrogens is 379 g/mol. The summed E-state index contributed by atoms with van der Waals surface area (Å²) in [5.41, 5.74) is 3.74. The Hall–Kier alpha value is -2.11.